The number of aryl methyl sites for hydroxylation is 1. The van der Waals surface area contributed by atoms with Crippen LogP contribution in [0.2, 0.25) is 0 Å². The molecule has 1 heterocycles. The van der Waals surface area contributed by atoms with Crippen LogP contribution in [0.5, 0.6) is 0 Å². The Morgan fingerprint density at radius 3 is 2.59 bits per heavy atom. The number of anilines is 1. The van der Waals surface area contributed by atoms with Gasteiger partial charge in [-0.1, -0.05) is 37.3 Å². The van der Waals surface area contributed by atoms with Crippen LogP contribution < -0.4 is 5.32 Å². The lowest BCUT2D eigenvalue weighted by Crippen LogP contribution is -2.49. The van der Waals surface area contributed by atoms with E-state index in [4.69, 9.17) is 5.11 Å². The van der Waals surface area contributed by atoms with Crippen molar-refractivity contribution in [3.8, 4) is 0 Å². The second-order valence-corrected chi connectivity index (χ2v) is 6.92. The molecule has 0 bridgehead atoms. The van der Waals surface area contributed by atoms with Gasteiger partial charge in [0, 0.05) is 50.5 Å². The zero-order valence-corrected chi connectivity index (χ0v) is 16.0. The third-order valence-electron chi connectivity index (χ3n) is 5.13. The maximum atomic E-state index is 12.8. The molecule has 1 aliphatic heterocycles. The highest BCUT2D eigenvalue weighted by molar-refractivity contribution is 5.94. The van der Waals surface area contributed by atoms with Gasteiger partial charge in [-0.05, 0) is 35.7 Å². The average molecular weight is 367 g/mol. The SMILES string of the molecule is CCc1ccccc1NCc1cccc(C(=O)N2CCN(CCO)CC2)c1. The third kappa shape index (κ3) is 5.08. The topological polar surface area (TPSA) is 55.8 Å². The number of para-hydroxylation sites is 1. The second kappa shape index (κ2) is 9.53. The Balaban J connectivity index is 1.61. The summed E-state index contributed by atoms with van der Waals surface area (Å²) in [5.74, 6) is 0.0921. The highest BCUT2D eigenvalue weighted by atomic mass is 16.3. The van der Waals surface area contributed by atoms with Gasteiger partial charge >= 0.3 is 0 Å². The van der Waals surface area contributed by atoms with E-state index < -0.39 is 0 Å². The summed E-state index contributed by atoms with van der Waals surface area (Å²) in [6.07, 6.45) is 0.990. The molecule has 27 heavy (non-hydrogen) atoms. The molecule has 3 rings (SSSR count). The van der Waals surface area contributed by atoms with Crippen molar-refractivity contribution >= 4 is 11.6 Å². The van der Waals surface area contributed by atoms with Crippen LogP contribution in [0.25, 0.3) is 0 Å². The number of aliphatic hydroxyl groups is 1. The van der Waals surface area contributed by atoms with Crippen molar-refractivity contribution in [1.82, 2.24) is 9.80 Å². The summed E-state index contributed by atoms with van der Waals surface area (Å²) in [6, 6.07) is 16.2. The van der Waals surface area contributed by atoms with E-state index >= 15 is 0 Å². The van der Waals surface area contributed by atoms with Gasteiger partial charge in [-0.3, -0.25) is 9.69 Å². The van der Waals surface area contributed by atoms with Crippen molar-refractivity contribution in [2.45, 2.75) is 19.9 Å². The van der Waals surface area contributed by atoms with E-state index in [-0.39, 0.29) is 12.5 Å². The van der Waals surface area contributed by atoms with Gasteiger partial charge in [0.15, 0.2) is 0 Å². The lowest BCUT2D eigenvalue weighted by atomic mass is 10.1. The minimum absolute atomic E-state index is 0.0921. The van der Waals surface area contributed by atoms with Gasteiger partial charge in [-0.2, -0.15) is 0 Å². The van der Waals surface area contributed by atoms with Crippen molar-refractivity contribution in [2.75, 3.05) is 44.6 Å². The number of nitrogens with zero attached hydrogens (tertiary/aromatic N) is 2. The largest absolute Gasteiger partial charge is 0.395 e. The molecule has 0 radical (unpaired) electrons. The number of aliphatic hydroxyl groups excluding tert-OH is 1. The van der Waals surface area contributed by atoms with E-state index in [1.54, 1.807) is 0 Å². The molecule has 0 saturated carbocycles. The molecular weight excluding hydrogens is 338 g/mol. The lowest BCUT2D eigenvalue weighted by molar-refractivity contribution is 0.0615. The van der Waals surface area contributed by atoms with E-state index in [2.05, 4.69) is 41.4 Å². The number of amides is 1. The van der Waals surface area contributed by atoms with Crippen LogP contribution in [0.1, 0.15) is 28.4 Å². The normalized spacial score (nSPS) is 15.0. The molecule has 0 aliphatic carbocycles. The molecule has 5 heteroatoms. The van der Waals surface area contributed by atoms with E-state index in [1.807, 2.05) is 29.2 Å². The minimum Gasteiger partial charge on any atom is -0.395 e. The van der Waals surface area contributed by atoms with Crippen LogP contribution in [0, 0.1) is 0 Å². The average Bonchev–Trinajstić information content (AvgIpc) is 2.73. The predicted molar refractivity (Wildman–Crippen MR) is 109 cm³/mol. The Bertz CT molecular complexity index is 755. The maximum absolute atomic E-state index is 12.8. The van der Waals surface area contributed by atoms with E-state index in [0.717, 1.165) is 36.3 Å². The number of β-amino-alcohol motifs (C(OH)–C–C–N with tert-alkyl or cyclic N) is 1. The number of carbonyl (C=O) groups is 1. The molecule has 1 aliphatic rings. The van der Waals surface area contributed by atoms with Crippen LogP contribution in [-0.4, -0.2) is 60.1 Å². The van der Waals surface area contributed by atoms with Crippen molar-refractivity contribution < 1.29 is 9.90 Å². The number of rotatable bonds is 7. The van der Waals surface area contributed by atoms with Crippen molar-refractivity contribution in [3.63, 3.8) is 0 Å². The summed E-state index contributed by atoms with van der Waals surface area (Å²) < 4.78 is 0. The van der Waals surface area contributed by atoms with Crippen LogP contribution in [0.4, 0.5) is 5.69 Å². The van der Waals surface area contributed by atoms with Crippen LogP contribution in [-0.2, 0) is 13.0 Å². The Morgan fingerprint density at radius 2 is 1.85 bits per heavy atom. The first-order valence-corrected chi connectivity index (χ1v) is 9.74. The van der Waals surface area contributed by atoms with Gasteiger partial charge in [0.25, 0.3) is 5.91 Å². The summed E-state index contributed by atoms with van der Waals surface area (Å²) in [5.41, 5.74) is 4.29. The van der Waals surface area contributed by atoms with Gasteiger partial charge < -0.3 is 15.3 Å². The van der Waals surface area contributed by atoms with E-state index in [9.17, 15) is 4.79 Å². The quantitative estimate of drug-likeness (QED) is 0.790. The van der Waals surface area contributed by atoms with E-state index in [0.29, 0.717) is 26.2 Å². The molecule has 0 aromatic heterocycles. The zero-order chi connectivity index (χ0) is 19.1. The standard InChI is InChI=1S/C22H29N3O2/c1-2-19-7-3-4-9-21(19)23-17-18-6-5-8-20(16-18)22(27)25-12-10-24(11-13-25)14-15-26/h3-9,16,23,26H,2,10-15,17H2,1H3. The lowest BCUT2D eigenvalue weighted by Gasteiger charge is -2.34. The number of piperazine rings is 1. The summed E-state index contributed by atoms with van der Waals surface area (Å²) in [4.78, 5) is 16.9. The van der Waals surface area contributed by atoms with Crippen LogP contribution >= 0.6 is 0 Å². The summed E-state index contributed by atoms with van der Waals surface area (Å²) in [5, 5.41) is 12.5. The molecule has 0 spiro atoms. The molecular formula is C22H29N3O2. The van der Waals surface area contributed by atoms with Gasteiger partial charge in [0.2, 0.25) is 0 Å². The fraction of sp³-hybridized carbons (Fsp3) is 0.409. The number of hydrogen-bond donors (Lipinski definition) is 2. The fourth-order valence-corrected chi connectivity index (χ4v) is 3.51. The molecule has 144 valence electrons. The van der Waals surface area contributed by atoms with E-state index in [1.165, 1.54) is 5.56 Å². The maximum Gasteiger partial charge on any atom is 0.253 e. The molecule has 2 aromatic carbocycles. The van der Waals surface area contributed by atoms with Crippen molar-refractivity contribution in [3.05, 3.63) is 65.2 Å². The smallest absolute Gasteiger partial charge is 0.253 e. The monoisotopic (exact) mass is 367 g/mol. The summed E-state index contributed by atoms with van der Waals surface area (Å²) >= 11 is 0. The Morgan fingerprint density at radius 1 is 1.07 bits per heavy atom. The molecule has 0 unspecified atom stereocenters. The number of hydrogen-bond acceptors (Lipinski definition) is 4. The molecule has 1 saturated heterocycles. The van der Waals surface area contributed by atoms with Gasteiger partial charge in [0.05, 0.1) is 6.61 Å². The van der Waals surface area contributed by atoms with Gasteiger partial charge in [-0.15, -0.1) is 0 Å². The molecule has 2 N–H and O–H groups in total. The molecule has 5 nitrogen and oxygen atoms in total. The van der Waals surface area contributed by atoms with Crippen LogP contribution in [0.15, 0.2) is 48.5 Å². The first-order valence-electron chi connectivity index (χ1n) is 9.74. The summed E-state index contributed by atoms with van der Waals surface area (Å²) in [6.45, 7) is 6.77. The number of carbonyl (C=O) groups excluding carboxylic acids is 1. The van der Waals surface area contributed by atoms with Crippen molar-refractivity contribution in [1.29, 1.82) is 0 Å². The number of nitrogens with one attached hydrogen (secondary N) is 1. The van der Waals surface area contributed by atoms with Gasteiger partial charge in [-0.25, -0.2) is 0 Å². The Labute approximate surface area is 161 Å². The molecule has 0 atom stereocenters. The minimum atomic E-state index is 0.0921. The predicted octanol–water partition coefficient (Wildman–Crippen LogP) is 2.61. The highest BCUT2D eigenvalue weighted by Crippen LogP contribution is 2.17. The number of benzene rings is 2. The Kier molecular flexibility index (Phi) is 6.85. The zero-order valence-electron chi connectivity index (χ0n) is 16.0. The Hall–Kier alpha value is -2.37. The molecule has 1 fully saturated rings. The second-order valence-electron chi connectivity index (χ2n) is 6.92. The van der Waals surface area contributed by atoms with Gasteiger partial charge in [0.1, 0.15) is 0 Å². The first-order chi connectivity index (χ1) is 13.2. The fourth-order valence-electron chi connectivity index (χ4n) is 3.51. The first kappa shape index (κ1) is 19.4. The third-order valence-corrected chi connectivity index (χ3v) is 5.13. The highest BCUT2D eigenvalue weighted by Gasteiger charge is 2.21. The summed E-state index contributed by atoms with van der Waals surface area (Å²) in [7, 11) is 0. The molecule has 2 aromatic rings. The van der Waals surface area contributed by atoms with Crippen LogP contribution in [0.3, 0.4) is 0 Å². The molecule has 1 amide bonds. The van der Waals surface area contributed by atoms with Crippen molar-refractivity contribution in [2.24, 2.45) is 0 Å².